The first-order valence-corrected chi connectivity index (χ1v) is 8.92. The first kappa shape index (κ1) is 17.5. The second kappa shape index (κ2) is 8.67. The van der Waals surface area contributed by atoms with Crippen LogP contribution in [0.3, 0.4) is 0 Å². The summed E-state index contributed by atoms with van der Waals surface area (Å²) in [5.74, 6) is 0.0823. The first-order valence-electron chi connectivity index (χ1n) is 8.92. The van der Waals surface area contributed by atoms with Gasteiger partial charge in [-0.05, 0) is 48.9 Å². The number of nitrogens with one attached hydrogen (secondary N) is 1. The van der Waals surface area contributed by atoms with Gasteiger partial charge in [-0.25, -0.2) is 0 Å². The molecule has 0 unspecified atom stereocenters. The van der Waals surface area contributed by atoms with Crippen LogP contribution in [0.2, 0.25) is 0 Å². The number of carbonyl (C=O) groups is 1. The fraction of sp³-hybridized carbons (Fsp3) is 0.381. The highest BCUT2D eigenvalue weighted by molar-refractivity contribution is 5.70. The maximum Gasteiger partial charge on any atom is 0.306 e. The van der Waals surface area contributed by atoms with E-state index < -0.39 is 5.97 Å². The van der Waals surface area contributed by atoms with Crippen molar-refractivity contribution in [1.29, 1.82) is 0 Å². The zero-order valence-electron chi connectivity index (χ0n) is 14.4. The largest absolute Gasteiger partial charge is 0.489 e. The van der Waals surface area contributed by atoms with E-state index in [4.69, 9.17) is 9.84 Å². The van der Waals surface area contributed by atoms with Crippen molar-refractivity contribution >= 4 is 5.97 Å². The van der Waals surface area contributed by atoms with Gasteiger partial charge in [-0.3, -0.25) is 4.79 Å². The molecule has 4 nitrogen and oxygen atoms in total. The van der Waals surface area contributed by atoms with Crippen LogP contribution < -0.4 is 10.1 Å². The summed E-state index contributed by atoms with van der Waals surface area (Å²) >= 11 is 0. The maximum atomic E-state index is 11.0. The second-order valence-corrected chi connectivity index (χ2v) is 6.69. The molecule has 0 aliphatic heterocycles. The summed E-state index contributed by atoms with van der Waals surface area (Å²) in [6.45, 7) is 1.39. The molecule has 132 valence electrons. The monoisotopic (exact) mass is 339 g/mol. The van der Waals surface area contributed by atoms with E-state index in [-0.39, 0.29) is 5.92 Å². The molecule has 1 aliphatic carbocycles. The van der Waals surface area contributed by atoms with Gasteiger partial charge >= 0.3 is 5.97 Å². The minimum Gasteiger partial charge on any atom is -0.489 e. The summed E-state index contributed by atoms with van der Waals surface area (Å²) in [4.78, 5) is 11.0. The lowest BCUT2D eigenvalue weighted by Crippen LogP contribution is -2.34. The van der Waals surface area contributed by atoms with Crippen molar-refractivity contribution in [1.82, 2.24) is 5.32 Å². The van der Waals surface area contributed by atoms with Crippen LogP contribution in [0.1, 0.15) is 36.8 Å². The number of carboxylic acid groups (broad SMARTS) is 1. The van der Waals surface area contributed by atoms with Gasteiger partial charge in [0.05, 0.1) is 5.92 Å². The standard InChI is InChI=1S/C21H25NO3/c23-21(24)18-10-12-19(13-11-18)22-14-16-6-8-17(9-7-16)15-25-20-4-2-1-3-5-20/h1-9,18-19,22H,10-15H2,(H,23,24). The third-order valence-corrected chi connectivity index (χ3v) is 4.84. The van der Waals surface area contributed by atoms with Crippen LogP contribution in [-0.4, -0.2) is 17.1 Å². The molecule has 0 spiro atoms. The molecule has 0 amide bonds. The van der Waals surface area contributed by atoms with Crippen LogP contribution >= 0.6 is 0 Å². The van der Waals surface area contributed by atoms with E-state index in [1.807, 2.05) is 30.3 Å². The number of para-hydroxylation sites is 1. The Kier molecular flexibility index (Phi) is 6.07. The van der Waals surface area contributed by atoms with E-state index >= 15 is 0 Å². The van der Waals surface area contributed by atoms with E-state index in [0.29, 0.717) is 12.6 Å². The average molecular weight is 339 g/mol. The molecular weight excluding hydrogens is 314 g/mol. The molecule has 0 bridgehead atoms. The predicted molar refractivity (Wildman–Crippen MR) is 97.4 cm³/mol. The summed E-state index contributed by atoms with van der Waals surface area (Å²) in [6, 6.07) is 18.7. The molecule has 0 atom stereocenters. The van der Waals surface area contributed by atoms with Gasteiger partial charge in [0.1, 0.15) is 12.4 Å². The Bertz CT molecular complexity index is 661. The molecule has 2 aromatic carbocycles. The maximum absolute atomic E-state index is 11.0. The van der Waals surface area contributed by atoms with Gasteiger partial charge in [-0.2, -0.15) is 0 Å². The molecule has 3 rings (SSSR count). The fourth-order valence-corrected chi connectivity index (χ4v) is 3.24. The molecule has 1 aliphatic rings. The lowest BCUT2D eigenvalue weighted by Gasteiger charge is -2.27. The van der Waals surface area contributed by atoms with Gasteiger partial charge in [0.25, 0.3) is 0 Å². The zero-order valence-corrected chi connectivity index (χ0v) is 14.4. The molecule has 1 fully saturated rings. The third-order valence-electron chi connectivity index (χ3n) is 4.84. The molecule has 0 heterocycles. The van der Waals surface area contributed by atoms with E-state index in [1.165, 1.54) is 5.56 Å². The third kappa shape index (κ3) is 5.33. The van der Waals surface area contributed by atoms with Crippen LogP contribution in [0, 0.1) is 5.92 Å². The SMILES string of the molecule is O=C(O)C1CCC(NCc2ccc(COc3ccccc3)cc2)CC1. The summed E-state index contributed by atoms with van der Waals surface area (Å²) in [5, 5.41) is 12.6. The van der Waals surface area contributed by atoms with Crippen molar-refractivity contribution in [2.24, 2.45) is 5.92 Å². The van der Waals surface area contributed by atoms with Crippen molar-refractivity contribution in [2.75, 3.05) is 0 Å². The molecule has 1 saturated carbocycles. The van der Waals surface area contributed by atoms with E-state index in [1.54, 1.807) is 0 Å². The van der Waals surface area contributed by atoms with Gasteiger partial charge in [-0.1, -0.05) is 42.5 Å². The molecule has 0 saturated heterocycles. The van der Waals surface area contributed by atoms with E-state index in [9.17, 15) is 4.79 Å². The normalized spacial score (nSPS) is 20.2. The number of aliphatic carboxylic acids is 1. The van der Waals surface area contributed by atoms with Crippen molar-refractivity contribution in [3.8, 4) is 5.75 Å². The van der Waals surface area contributed by atoms with E-state index in [0.717, 1.165) is 43.5 Å². The van der Waals surface area contributed by atoms with Crippen molar-refractivity contribution < 1.29 is 14.6 Å². The number of carboxylic acids is 1. The van der Waals surface area contributed by atoms with Gasteiger partial charge in [0, 0.05) is 12.6 Å². The Labute approximate surface area is 148 Å². The van der Waals surface area contributed by atoms with Crippen LogP contribution in [-0.2, 0) is 17.9 Å². The molecule has 25 heavy (non-hydrogen) atoms. The Morgan fingerprint density at radius 2 is 1.60 bits per heavy atom. The quantitative estimate of drug-likeness (QED) is 0.800. The summed E-state index contributed by atoms with van der Waals surface area (Å²) < 4.78 is 5.75. The predicted octanol–water partition coefficient (Wildman–Crippen LogP) is 4.00. The minimum atomic E-state index is -0.647. The molecular formula is C21H25NO3. The molecule has 0 aromatic heterocycles. The molecule has 4 heteroatoms. The van der Waals surface area contributed by atoms with Crippen LogP contribution in [0.5, 0.6) is 5.75 Å². The Morgan fingerprint density at radius 1 is 0.960 bits per heavy atom. The van der Waals surface area contributed by atoms with Crippen molar-refractivity contribution in [3.05, 3.63) is 65.7 Å². The van der Waals surface area contributed by atoms with Crippen LogP contribution in [0.4, 0.5) is 0 Å². The zero-order chi connectivity index (χ0) is 17.5. The number of ether oxygens (including phenoxy) is 1. The molecule has 2 N–H and O–H groups in total. The van der Waals surface area contributed by atoms with Crippen LogP contribution in [0.25, 0.3) is 0 Å². The summed E-state index contributed by atoms with van der Waals surface area (Å²) in [7, 11) is 0. The van der Waals surface area contributed by atoms with Gasteiger partial charge in [-0.15, -0.1) is 0 Å². The Balaban J connectivity index is 1.41. The second-order valence-electron chi connectivity index (χ2n) is 6.69. The Morgan fingerprint density at radius 3 is 2.24 bits per heavy atom. The lowest BCUT2D eigenvalue weighted by molar-refractivity contribution is -0.142. The van der Waals surface area contributed by atoms with E-state index in [2.05, 4.69) is 29.6 Å². The van der Waals surface area contributed by atoms with Crippen LogP contribution in [0.15, 0.2) is 54.6 Å². The Hall–Kier alpha value is -2.33. The van der Waals surface area contributed by atoms with Gasteiger partial charge < -0.3 is 15.2 Å². The highest BCUT2D eigenvalue weighted by atomic mass is 16.5. The number of rotatable bonds is 7. The summed E-state index contributed by atoms with van der Waals surface area (Å²) in [6.07, 6.45) is 3.45. The van der Waals surface area contributed by atoms with Gasteiger partial charge in [0.15, 0.2) is 0 Å². The highest BCUT2D eigenvalue weighted by Gasteiger charge is 2.25. The van der Waals surface area contributed by atoms with Gasteiger partial charge in [0.2, 0.25) is 0 Å². The molecule has 2 aromatic rings. The average Bonchev–Trinajstić information content (AvgIpc) is 2.67. The lowest BCUT2D eigenvalue weighted by atomic mass is 9.86. The number of hydrogen-bond donors (Lipinski definition) is 2. The minimum absolute atomic E-state index is 0.151. The number of benzene rings is 2. The fourth-order valence-electron chi connectivity index (χ4n) is 3.24. The van der Waals surface area contributed by atoms with Crippen molar-refractivity contribution in [2.45, 2.75) is 44.9 Å². The highest BCUT2D eigenvalue weighted by Crippen LogP contribution is 2.24. The summed E-state index contributed by atoms with van der Waals surface area (Å²) in [5.41, 5.74) is 2.39. The first-order chi connectivity index (χ1) is 12.2. The topological polar surface area (TPSA) is 58.6 Å². The molecule has 0 radical (unpaired) electrons. The number of hydrogen-bond acceptors (Lipinski definition) is 3. The van der Waals surface area contributed by atoms with Crippen molar-refractivity contribution in [3.63, 3.8) is 0 Å². The smallest absolute Gasteiger partial charge is 0.306 e.